The van der Waals surface area contributed by atoms with Crippen molar-refractivity contribution in [2.24, 2.45) is 5.73 Å². The number of hydrogen-bond acceptors (Lipinski definition) is 4. The zero-order valence-electron chi connectivity index (χ0n) is 19.7. The molecule has 6 heteroatoms. The third-order valence-corrected chi connectivity index (χ3v) is 6.75. The molecule has 2 aliphatic rings. The molecule has 1 amide bonds. The van der Waals surface area contributed by atoms with E-state index in [9.17, 15) is 4.79 Å². The first-order valence-corrected chi connectivity index (χ1v) is 11.9. The van der Waals surface area contributed by atoms with Crippen molar-refractivity contribution < 1.29 is 9.53 Å². The number of rotatable bonds is 6. The molecule has 6 nitrogen and oxygen atoms in total. The van der Waals surface area contributed by atoms with Crippen LogP contribution in [-0.4, -0.2) is 23.8 Å². The Morgan fingerprint density at radius 1 is 1.21 bits per heavy atom. The highest BCUT2D eigenvalue weighted by Gasteiger charge is 2.47. The predicted molar refractivity (Wildman–Crippen MR) is 134 cm³/mol. The van der Waals surface area contributed by atoms with Crippen LogP contribution in [0.25, 0.3) is 0 Å². The molecule has 4 rings (SSSR count). The Balaban J connectivity index is 1.85. The Morgan fingerprint density at radius 3 is 2.64 bits per heavy atom. The van der Waals surface area contributed by atoms with E-state index in [2.05, 4.69) is 37.1 Å². The first-order chi connectivity index (χ1) is 15.9. The highest BCUT2D eigenvalue weighted by Crippen LogP contribution is 2.47. The molecule has 1 fully saturated rings. The van der Waals surface area contributed by atoms with Crippen molar-refractivity contribution in [2.45, 2.75) is 70.6 Å². The minimum atomic E-state index is -1.40. The minimum absolute atomic E-state index is 0.0965. The zero-order valence-corrected chi connectivity index (χ0v) is 19.7. The number of carbonyl (C=O) groups excluding carboxylic acids is 1. The second kappa shape index (κ2) is 9.30. The molecule has 33 heavy (non-hydrogen) atoms. The van der Waals surface area contributed by atoms with Crippen molar-refractivity contribution in [3.63, 3.8) is 0 Å². The Kier molecular flexibility index (Phi) is 6.45. The number of piperidine rings is 1. The van der Waals surface area contributed by atoms with Crippen molar-refractivity contribution in [1.82, 2.24) is 0 Å². The number of allylic oxidation sites excluding steroid dienone is 1. The van der Waals surface area contributed by atoms with Crippen LogP contribution in [0.3, 0.4) is 0 Å². The summed E-state index contributed by atoms with van der Waals surface area (Å²) in [7, 11) is 0. The summed E-state index contributed by atoms with van der Waals surface area (Å²) in [6, 6.07) is 13.9. The third-order valence-electron chi connectivity index (χ3n) is 6.75. The lowest BCUT2D eigenvalue weighted by Crippen LogP contribution is -2.49. The van der Waals surface area contributed by atoms with Gasteiger partial charge in [0.15, 0.2) is 0 Å². The number of unbranched alkanes of at least 4 members (excludes halogenated alkanes) is 1. The highest BCUT2D eigenvalue weighted by atomic mass is 16.5. The fourth-order valence-corrected chi connectivity index (χ4v) is 5.10. The average Bonchev–Trinajstić information content (AvgIpc) is 2.80. The largest absolute Gasteiger partial charge is 0.466 e. The van der Waals surface area contributed by atoms with Crippen LogP contribution in [0.15, 0.2) is 54.6 Å². The quantitative estimate of drug-likeness (QED) is 0.318. The molecule has 0 aromatic heterocycles. The SMILES string of the molecule is CCC/C=C/C1(c2ccccc2C(=N)N)Oc2cccc(N3[C@H](C)CCC[C@@H]3C)c2NC1=O. The van der Waals surface area contributed by atoms with E-state index in [-0.39, 0.29) is 11.7 Å². The lowest BCUT2D eigenvalue weighted by atomic mass is 9.86. The van der Waals surface area contributed by atoms with Gasteiger partial charge in [-0.3, -0.25) is 10.2 Å². The summed E-state index contributed by atoms with van der Waals surface area (Å²) < 4.78 is 6.58. The summed E-state index contributed by atoms with van der Waals surface area (Å²) in [5.74, 6) is 0.248. The van der Waals surface area contributed by atoms with Gasteiger partial charge in [-0.05, 0) is 57.7 Å². The molecule has 0 saturated carbocycles. The number of nitrogen functional groups attached to an aromatic ring is 1. The van der Waals surface area contributed by atoms with Crippen molar-refractivity contribution in [3.05, 3.63) is 65.7 Å². The first-order valence-electron chi connectivity index (χ1n) is 11.9. The summed E-state index contributed by atoms with van der Waals surface area (Å²) in [5, 5.41) is 11.3. The molecule has 0 spiro atoms. The molecule has 1 unspecified atom stereocenters. The van der Waals surface area contributed by atoms with Gasteiger partial charge in [0.1, 0.15) is 17.3 Å². The van der Waals surface area contributed by atoms with Crippen LogP contribution < -0.4 is 20.7 Å². The minimum Gasteiger partial charge on any atom is -0.466 e. The van der Waals surface area contributed by atoms with Crippen LogP contribution in [0.2, 0.25) is 0 Å². The molecule has 2 aromatic carbocycles. The van der Waals surface area contributed by atoms with Gasteiger partial charge in [-0.2, -0.15) is 0 Å². The molecular weight excluding hydrogens is 412 g/mol. The van der Waals surface area contributed by atoms with E-state index in [1.165, 1.54) is 6.42 Å². The topological polar surface area (TPSA) is 91.4 Å². The van der Waals surface area contributed by atoms with Crippen LogP contribution >= 0.6 is 0 Å². The standard InChI is InChI=1S/C27H34N4O2/c1-4-5-8-17-27(21-14-7-6-13-20(21)25(28)29)26(32)30-24-22(15-10-16-23(24)33-27)31-18(2)11-9-12-19(31)3/h6-8,10,13-19H,4-5,9,11-12H2,1-3H3,(H3,28,29)(H,30,32)/b17-8+/t18-,19+,27?. The van der Waals surface area contributed by atoms with Crippen LogP contribution in [0.5, 0.6) is 5.75 Å². The molecule has 3 atom stereocenters. The smallest absolute Gasteiger partial charge is 0.277 e. The monoisotopic (exact) mass is 446 g/mol. The number of ether oxygens (including phenoxy) is 1. The van der Waals surface area contributed by atoms with E-state index in [1.807, 2.05) is 42.5 Å². The van der Waals surface area contributed by atoms with Gasteiger partial charge in [0.2, 0.25) is 5.60 Å². The van der Waals surface area contributed by atoms with E-state index in [1.54, 1.807) is 6.07 Å². The van der Waals surface area contributed by atoms with Gasteiger partial charge in [0, 0.05) is 23.2 Å². The third kappa shape index (κ3) is 4.10. The Hall–Kier alpha value is -3.28. The van der Waals surface area contributed by atoms with E-state index in [0.29, 0.717) is 34.6 Å². The molecular formula is C27H34N4O2. The fourth-order valence-electron chi connectivity index (χ4n) is 5.10. The van der Waals surface area contributed by atoms with Crippen molar-refractivity contribution in [2.75, 3.05) is 10.2 Å². The van der Waals surface area contributed by atoms with Crippen molar-refractivity contribution in [1.29, 1.82) is 5.41 Å². The summed E-state index contributed by atoms with van der Waals surface area (Å²) >= 11 is 0. The molecule has 2 aromatic rings. The van der Waals surface area contributed by atoms with Crippen LogP contribution in [0, 0.1) is 5.41 Å². The van der Waals surface area contributed by atoms with Gasteiger partial charge in [-0.15, -0.1) is 0 Å². The molecule has 2 heterocycles. The molecule has 174 valence electrons. The van der Waals surface area contributed by atoms with Gasteiger partial charge >= 0.3 is 0 Å². The maximum absolute atomic E-state index is 13.8. The normalized spacial score (nSPS) is 24.8. The number of fused-ring (bicyclic) bond motifs is 1. The molecule has 0 radical (unpaired) electrons. The van der Waals surface area contributed by atoms with Crippen molar-refractivity contribution in [3.8, 4) is 5.75 Å². The van der Waals surface area contributed by atoms with Gasteiger partial charge in [0.25, 0.3) is 5.91 Å². The van der Waals surface area contributed by atoms with Gasteiger partial charge in [-0.1, -0.05) is 49.8 Å². The lowest BCUT2D eigenvalue weighted by Gasteiger charge is -2.44. The highest BCUT2D eigenvalue weighted by molar-refractivity contribution is 6.08. The summed E-state index contributed by atoms with van der Waals surface area (Å²) in [6.07, 6.45) is 9.01. The van der Waals surface area contributed by atoms with Crippen LogP contribution in [0.1, 0.15) is 64.0 Å². The number of para-hydroxylation sites is 1. The van der Waals surface area contributed by atoms with E-state index in [0.717, 1.165) is 31.4 Å². The number of amidine groups is 1. The second-order valence-corrected chi connectivity index (χ2v) is 9.13. The summed E-state index contributed by atoms with van der Waals surface area (Å²) in [6.45, 7) is 6.56. The zero-order chi connectivity index (χ0) is 23.6. The summed E-state index contributed by atoms with van der Waals surface area (Å²) in [4.78, 5) is 16.2. The summed E-state index contributed by atoms with van der Waals surface area (Å²) in [5.41, 5.74) is 7.26. The number of benzene rings is 2. The number of amides is 1. The Bertz CT molecular complexity index is 1070. The number of nitrogens with two attached hydrogens (primary N) is 1. The Labute approximate surface area is 196 Å². The maximum Gasteiger partial charge on any atom is 0.277 e. The number of nitrogens with one attached hydrogen (secondary N) is 2. The Morgan fingerprint density at radius 2 is 1.94 bits per heavy atom. The van der Waals surface area contributed by atoms with Crippen molar-refractivity contribution >= 4 is 23.1 Å². The maximum atomic E-state index is 13.8. The van der Waals surface area contributed by atoms with Gasteiger partial charge in [0.05, 0.1) is 5.69 Å². The lowest BCUT2D eigenvalue weighted by molar-refractivity contribution is -0.129. The fraction of sp³-hybridized carbons (Fsp3) is 0.407. The molecule has 1 saturated heterocycles. The second-order valence-electron chi connectivity index (χ2n) is 9.13. The number of carbonyl (C=O) groups is 1. The van der Waals surface area contributed by atoms with Crippen LogP contribution in [-0.2, 0) is 10.4 Å². The van der Waals surface area contributed by atoms with E-state index >= 15 is 0 Å². The van der Waals surface area contributed by atoms with E-state index in [4.69, 9.17) is 15.9 Å². The van der Waals surface area contributed by atoms with E-state index < -0.39 is 5.60 Å². The van der Waals surface area contributed by atoms with Gasteiger partial charge < -0.3 is 20.7 Å². The van der Waals surface area contributed by atoms with Gasteiger partial charge in [-0.25, -0.2) is 0 Å². The number of nitrogens with zero attached hydrogens (tertiary/aromatic N) is 1. The average molecular weight is 447 g/mol. The molecule has 0 bridgehead atoms. The predicted octanol–water partition coefficient (Wildman–Crippen LogP) is 5.32. The molecule has 4 N–H and O–H groups in total. The number of anilines is 2. The molecule has 2 aliphatic heterocycles. The first kappa shape index (κ1) is 22.9. The number of hydrogen-bond donors (Lipinski definition) is 3. The molecule has 0 aliphatic carbocycles. The van der Waals surface area contributed by atoms with Crippen LogP contribution in [0.4, 0.5) is 11.4 Å².